The Morgan fingerprint density at radius 3 is 1.93 bits per heavy atom. The molecule has 0 rings (SSSR count). The summed E-state index contributed by atoms with van der Waals surface area (Å²) in [6.07, 6.45) is 7.61. The molecule has 0 bridgehead atoms. The van der Waals surface area contributed by atoms with E-state index in [9.17, 15) is 0 Å². The standard InChI is InChI=1S/C12H27NO/c1-4-6-8-12(9-7-5-2)13-11(3)10-14/h11-14H,4-10H2,1-3H3/t11-/m1/s1. The number of hydrogen-bond donors (Lipinski definition) is 2. The Bertz CT molecular complexity index is 109. The molecule has 0 aliphatic carbocycles. The van der Waals surface area contributed by atoms with Gasteiger partial charge < -0.3 is 10.4 Å². The Labute approximate surface area is 89.1 Å². The molecule has 0 fully saturated rings. The number of rotatable bonds is 9. The van der Waals surface area contributed by atoms with Crippen molar-refractivity contribution in [3.05, 3.63) is 0 Å². The SMILES string of the molecule is CCCCC(CCCC)N[C@H](C)CO. The molecule has 86 valence electrons. The topological polar surface area (TPSA) is 32.3 Å². The molecule has 0 aromatic heterocycles. The summed E-state index contributed by atoms with van der Waals surface area (Å²) in [7, 11) is 0. The predicted octanol–water partition coefficient (Wildman–Crippen LogP) is 2.71. The average molecular weight is 201 g/mol. The Balaban J connectivity index is 3.71. The van der Waals surface area contributed by atoms with Gasteiger partial charge in [0.2, 0.25) is 0 Å². The monoisotopic (exact) mass is 201 g/mol. The summed E-state index contributed by atoms with van der Waals surface area (Å²) in [6.45, 7) is 6.75. The van der Waals surface area contributed by atoms with Crippen molar-refractivity contribution in [2.45, 2.75) is 71.4 Å². The summed E-state index contributed by atoms with van der Waals surface area (Å²) in [5.41, 5.74) is 0. The highest BCUT2D eigenvalue weighted by Crippen LogP contribution is 2.09. The normalized spacial score (nSPS) is 13.5. The maximum absolute atomic E-state index is 8.97. The van der Waals surface area contributed by atoms with Crippen molar-refractivity contribution >= 4 is 0 Å². The van der Waals surface area contributed by atoms with E-state index in [1.165, 1.54) is 38.5 Å². The lowest BCUT2D eigenvalue weighted by molar-refractivity contribution is 0.234. The molecule has 0 amide bonds. The third-order valence-electron chi connectivity index (χ3n) is 2.61. The molecular weight excluding hydrogens is 174 g/mol. The molecule has 0 aromatic carbocycles. The molecule has 0 heterocycles. The lowest BCUT2D eigenvalue weighted by Crippen LogP contribution is -2.38. The van der Waals surface area contributed by atoms with Crippen LogP contribution < -0.4 is 5.32 Å². The minimum Gasteiger partial charge on any atom is -0.395 e. The summed E-state index contributed by atoms with van der Waals surface area (Å²) in [6, 6.07) is 0.853. The minimum absolute atomic E-state index is 0.244. The van der Waals surface area contributed by atoms with Gasteiger partial charge in [-0.1, -0.05) is 39.5 Å². The van der Waals surface area contributed by atoms with Crippen LogP contribution in [0.1, 0.15) is 59.3 Å². The Hall–Kier alpha value is -0.0800. The van der Waals surface area contributed by atoms with Crippen LogP contribution in [0, 0.1) is 0 Å². The zero-order chi connectivity index (χ0) is 10.8. The largest absolute Gasteiger partial charge is 0.395 e. The predicted molar refractivity (Wildman–Crippen MR) is 62.5 cm³/mol. The van der Waals surface area contributed by atoms with Crippen LogP contribution in [0.5, 0.6) is 0 Å². The summed E-state index contributed by atoms with van der Waals surface area (Å²) in [5.74, 6) is 0. The van der Waals surface area contributed by atoms with Crippen LogP contribution in [0.3, 0.4) is 0 Å². The molecule has 0 unspecified atom stereocenters. The van der Waals surface area contributed by atoms with Crippen molar-refractivity contribution in [2.75, 3.05) is 6.61 Å². The summed E-state index contributed by atoms with van der Waals surface area (Å²) in [5, 5.41) is 12.5. The highest BCUT2D eigenvalue weighted by Gasteiger charge is 2.10. The zero-order valence-electron chi connectivity index (χ0n) is 10.1. The average Bonchev–Trinajstić information content (AvgIpc) is 2.21. The van der Waals surface area contributed by atoms with E-state index in [1.54, 1.807) is 0 Å². The van der Waals surface area contributed by atoms with Gasteiger partial charge in [0.25, 0.3) is 0 Å². The molecule has 2 N–H and O–H groups in total. The van der Waals surface area contributed by atoms with E-state index in [0.717, 1.165) is 0 Å². The molecule has 2 nitrogen and oxygen atoms in total. The highest BCUT2D eigenvalue weighted by molar-refractivity contribution is 4.70. The van der Waals surface area contributed by atoms with Crippen LogP contribution >= 0.6 is 0 Å². The second kappa shape index (κ2) is 9.47. The first kappa shape index (κ1) is 13.9. The number of nitrogens with one attached hydrogen (secondary N) is 1. The molecule has 0 spiro atoms. The van der Waals surface area contributed by atoms with Crippen LogP contribution in [-0.2, 0) is 0 Å². The fraction of sp³-hybridized carbons (Fsp3) is 1.00. The van der Waals surface area contributed by atoms with Gasteiger partial charge in [-0.25, -0.2) is 0 Å². The van der Waals surface area contributed by atoms with Crippen LogP contribution in [0.4, 0.5) is 0 Å². The number of unbranched alkanes of at least 4 members (excludes halogenated alkanes) is 2. The number of hydrogen-bond acceptors (Lipinski definition) is 2. The van der Waals surface area contributed by atoms with Gasteiger partial charge in [0.1, 0.15) is 0 Å². The first-order chi connectivity index (χ1) is 6.74. The van der Waals surface area contributed by atoms with Crippen molar-refractivity contribution in [3.63, 3.8) is 0 Å². The van der Waals surface area contributed by atoms with Crippen molar-refractivity contribution in [2.24, 2.45) is 0 Å². The molecule has 0 radical (unpaired) electrons. The Morgan fingerprint density at radius 1 is 1.07 bits per heavy atom. The maximum atomic E-state index is 8.97. The molecule has 0 aliphatic rings. The van der Waals surface area contributed by atoms with E-state index in [2.05, 4.69) is 19.2 Å². The molecule has 1 atom stereocenters. The summed E-state index contributed by atoms with van der Waals surface area (Å²) < 4.78 is 0. The van der Waals surface area contributed by atoms with E-state index < -0.39 is 0 Å². The van der Waals surface area contributed by atoms with Crippen molar-refractivity contribution in [1.82, 2.24) is 5.32 Å². The number of aliphatic hydroxyl groups excluding tert-OH is 1. The van der Waals surface area contributed by atoms with E-state index >= 15 is 0 Å². The Kier molecular flexibility index (Phi) is 9.42. The lowest BCUT2D eigenvalue weighted by atomic mass is 10.0. The van der Waals surface area contributed by atoms with E-state index in [-0.39, 0.29) is 12.6 Å². The van der Waals surface area contributed by atoms with Gasteiger partial charge in [-0.2, -0.15) is 0 Å². The molecular formula is C12H27NO. The van der Waals surface area contributed by atoms with Crippen molar-refractivity contribution in [3.8, 4) is 0 Å². The fourth-order valence-electron chi connectivity index (χ4n) is 1.67. The lowest BCUT2D eigenvalue weighted by Gasteiger charge is -2.22. The van der Waals surface area contributed by atoms with Gasteiger partial charge in [-0.05, 0) is 19.8 Å². The van der Waals surface area contributed by atoms with Gasteiger partial charge in [0.15, 0.2) is 0 Å². The molecule has 0 aliphatic heterocycles. The molecule has 2 heteroatoms. The molecule has 0 saturated carbocycles. The molecule has 0 aromatic rings. The smallest absolute Gasteiger partial charge is 0.0582 e. The van der Waals surface area contributed by atoms with Gasteiger partial charge in [-0.15, -0.1) is 0 Å². The van der Waals surface area contributed by atoms with Crippen LogP contribution in [0.15, 0.2) is 0 Å². The summed E-state index contributed by atoms with van der Waals surface area (Å²) in [4.78, 5) is 0. The van der Waals surface area contributed by atoms with Crippen molar-refractivity contribution in [1.29, 1.82) is 0 Å². The molecule has 14 heavy (non-hydrogen) atoms. The molecule has 0 saturated heterocycles. The van der Waals surface area contributed by atoms with Gasteiger partial charge in [-0.3, -0.25) is 0 Å². The minimum atomic E-state index is 0.244. The first-order valence-electron chi connectivity index (χ1n) is 6.11. The van der Waals surface area contributed by atoms with Gasteiger partial charge in [0.05, 0.1) is 6.61 Å². The maximum Gasteiger partial charge on any atom is 0.0582 e. The third kappa shape index (κ3) is 7.34. The fourth-order valence-corrected chi connectivity index (χ4v) is 1.67. The van der Waals surface area contributed by atoms with E-state index in [4.69, 9.17) is 5.11 Å². The van der Waals surface area contributed by atoms with Gasteiger partial charge >= 0.3 is 0 Å². The second-order valence-corrected chi connectivity index (χ2v) is 4.23. The highest BCUT2D eigenvalue weighted by atomic mass is 16.3. The Morgan fingerprint density at radius 2 is 1.57 bits per heavy atom. The number of aliphatic hydroxyl groups is 1. The zero-order valence-corrected chi connectivity index (χ0v) is 10.1. The first-order valence-corrected chi connectivity index (χ1v) is 6.11. The third-order valence-corrected chi connectivity index (χ3v) is 2.61. The van der Waals surface area contributed by atoms with Crippen molar-refractivity contribution < 1.29 is 5.11 Å². The van der Waals surface area contributed by atoms with Crippen LogP contribution in [-0.4, -0.2) is 23.8 Å². The van der Waals surface area contributed by atoms with Gasteiger partial charge in [0, 0.05) is 12.1 Å². The van der Waals surface area contributed by atoms with E-state index in [0.29, 0.717) is 6.04 Å². The quantitative estimate of drug-likeness (QED) is 0.601. The van der Waals surface area contributed by atoms with Crippen LogP contribution in [0.2, 0.25) is 0 Å². The summed E-state index contributed by atoms with van der Waals surface area (Å²) >= 11 is 0. The van der Waals surface area contributed by atoms with E-state index in [1.807, 2.05) is 6.92 Å². The van der Waals surface area contributed by atoms with Crippen LogP contribution in [0.25, 0.3) is 0 Å². The second-order valence-electron chi connectivity index (χ2n) is 4.23.